The SMILES string of the molecule is CCn1nc(C(=O)Nc2ccnn2Cc2c(Cl)cccc2Cl)c2ccccc2c1=O. The van der Waals surface area contributed by atoms with E-state index in [0.29, 0.717) is 38.7 Å². The van der Waals surface area contributed by atoms with E-state index in [9.17, 15) is 9.59 Å². The summed E-state index contributed by atoms with van der Waals surface area (Å²) in [5, 5.41) is 13.3. The number of anilines is 1. The first kappa shape index (κ1) is 20.1. The molecule has 0 fully saturated rings. The fourth-order valence-electron chi connectivity index (χ4n) is 3.19. The van der Waals surface area contributed by atoms with Crippen molar-refractivity contribution in [3.05, 3.63) is 86.4 Å². The number of hydrogen-bond donors (Lipinski definition) is 1. The standard InChI is InChI=1S/C21H17Cl2N5O2/c1-2-27-21(30)14-7-4-3-6-13(14)19(26-27)20(29)25-18-10-11-24-28(18)12-15-16(22)8-5-9-17(15)23/h3-11H,2,12H2,1H3,(H,25,29). The fourth-order valence-corrected chi connectivity index (χ4v) is 3.71. The summed E-state index contributed by atoms with van der Waals surface area (Å²) in [4.78, 5) is 25.6. The Kier molecular flexibility index (Phi) is 5.57. The van der Waals surface area contributed by atoms with Crippen molar-refractivity contribution in [2.75, 3.05) is 5.32 Å². The number of benzene rings is 2. The van der Waals surface area contributed by atoms with Gasteiger partial charge >= 0.3 is 0 Å². The molecule has 0 saturated heterocycles. The number of nitrogens with one attached hydrogen (secondary N) is 1. The maximum Gasteiger partial charge on any atom is 0.277 e. The molecule has 2 aromatic heterocycles. The molecule has 0 spiro atoms. The predicted octanol–water partition coefficient (Wildman–Crippen LogP) is 4.22. The van der Waals surface area contributed by atoms with Crippen LogP contribution in [0.25, 0.3) is 10.8 Å². The van der Waals surface area contributed by atoms with Gasteiger partial charge in [-0.15, -0.1) is 0 Å². The number of halogens is 2. The Morgan fingerprint density at radius 1 is 1.00 bits per heavy atom. The third-order valence-electron chi connectivity index (χ3n) is 4.71. The van der Waals surface area contributed by atoms with Crippen LogP contribution in [0.5, 0.6) is 0 Å². The number of fused-ring (bicyclic) bond motifs is 1. The molecule has 0 unspecified atom stereocenters. The summed E-state index contributed by atoms with van der Waals surface area (Å²) in [5.74, 6) is 0.0107. The highest BCUT2D eigenvalue weighted by Crippen LogP contribution is 2.26. The number of rotatable bonds is 5. The monoisotopic (exact) mass is 441 g/mol. The topological polar surface area (TPSA) is 81.8 Å². The molecule has 2 aromatic carbocycles. The lowest BCUT2D eigenvalue weighted by Crippen LogP contribution is -2.27. The Morgan fingerprint density at radius 3 is 2.40 bits per heavy atom. The molecule has 1 amide bonds. The normalized spacial score (nSPS) is 11.0. The van der Waals surface area contributed by atoms with Crippen LogP contribution in [0.4, 0.5) is 5.82 Å². The van der Waals surface area contributed by atoms with Crippen LogP contribution in [0.3, 0.4) is 0 Å². The summed E-state index contributed by atoms with van der Waals surface area (Å²) in [5.41, 5.74) is 0.627. The van der Waals surface area contributed by atoms with Crippen molar-refractivity contribution in [2.45, 2.75) is 20.0 Å². The number of aromatic nitrogens is 4. The smallest absolute Gasteiger partial charge is 0.277 e. The molecular formula is C21H17Cl2N5O2. The number of aryl methyl sites for hydroxylation is 1. The molecule has 4 rings (SSSR count). The Balaban J connectivity index is 1.69. The molecule has 7 nitrogen and oxygen atoms in total. The van der Waals surface area contributed by atoms with E-state index in [1.807, 2.05) is 0 Å². The highest BCUT2D eigenvalue weighted by atomic mass is 35.5. The van der Waals surface area contributed by atoms with Crippen molar-refractivity contribution >= 4 is 45.7 Å². The maximum absolute atomic E-state index is 13.1. The highest BCUT2D eigenvalue weighted by molar-refractivity contribution is 6.36. The van der Waals surface area contributed by atoms with Crippen LogP contribution < -0.4 is 10.9 Å². The number of nitrogens with zero attached hydrogens (tertiary/aromatic N) is 4. The molecular weight excluding hydrogens is 425 g/mol. The van der Waals surface area contributed by atoms with Gasteiger partial charge in [0.1, 0.15) is 5.82 Å². The first-order valence-corrected chi connectivity index (χ1v) is 10.0. The van der Waals surface area contributed by atoms with E-state index in [1.165, 1.54) is 4.68 Å². The van der Waals surface area contributed by atoms with Crippen molar-refractivity contribution in [1.29, 1.82) is 0 Å². The zero-order chi connectivity index (χ0) is 21.3. The van der Waals surface area contributed by atoms with Gasteiger partial charge in [-0.2, -0.15) is 10.2 Å². The summed E-state index contributed by atoms with van der Waals surface area (Å²) in [6.45, 7) is 2.43. The second-order valence-corrected chi connectivity index (χ2v) is 7.36. The largest absolute Gasteiger partial charge is 0.305 e. The molecule has 0 aliphatic carbocycles. The van der Waals surface area contributed by atoms with Gasteiger partial charge in [-0.25, -0.2) is 9.36 Å². The molecule has 0 aliphatic rings. The van der Waals surface area contributed by atoms with Crippen LogP contribution in [0.15, 0.2) is 59.5 Å². The molecule has 30 heavy (non-hydrogen) atoms. The van der Waals surface area contributed by atoms with Crippen molar-refractivity contribution in [3.63, 3.8) is 0 Å². The minimum Gasteiger partial charge on any atom is -0.305 e. The molecule has 0 bridgehead atoms. The fraction of sp³-hybridized carbons (Fsp3) is 0.143. The summed E-state index contributed by atoms with van der Waals surface area (Å²) < 4.78 is 2.86. The first-order chi connectivity index (χ1) is 14.5. The molecule has 4 aromatic rings. The molecule has 1 N–H and O–H groups in total. The van der Waals surface area contributed by atoms with Crippen LogP contribution in [-0.2, 0) is 13.1 Å². The number of amides is 1. The van der Waals surface area contributed by atoms with E-state index < -0.39 is 5.91 Å². The quantitative estimate of drug-likeness (QED) is 0.502. The van der Waals surface area contributed by atoms with Crippen LogP contribution in [0, 0.1) is 0 Å². The highest BCUT2D eigenvalue weighted by Gasteiger charge is 2.18. The predicted molar refractivity (Wildman–Crippen MR) is 117 cm³/mol. The Labute approximate surface area is 181 Å². The van der Waals surface area contributed by atoms with Crippen LogP contribution >= 0.6 is 23.2 Å². The maximum atomic E-state index is 13.1. The zero-order valence-electron chi connectivity index (χ0n) is 16.0. The lowest BCUT2D eigenvalue weighted by molar-refractivity contribution is 0.102. The number of carbonyl (C=O) groups excluding carboxylic acids is 1. The molecule has 0 atom stereocenters. The van der Waals surface area contributed by atoms with Gasteiger partial charge in [0.2, 0.25) is 0 Å². The summed E-state index contributed by atoms with van der Waals surface area (Å²) in [6, 6.07) is 13.8. The Morgan fingerprint density at radius 2 is 1.70 bits per heavy atom. The van der Waals surface area contributed by atoms with E-state index in [2.05, 4.69) is 15.5 Å². The average molecular weight is 442 g/mol. The van der Waals surface area contributed by atoms with E-state index in [0.717, 1.165) is 0 Å². The lowest BCUT2D eigenvalue weighted by Gasteiger charge is -2.13. The first-order valence-electron chi connectivity index (χ1n) is 9.25. The van der Waals surface area contributed by atoms with Crippen molar-refractivity contribution < 1.29 is 4.79 Å². The van der Waals surface area contributed by atoms with Gasteiger partial charge < -0.3 is 5.32 Å². The van der Waals surface area contributed by atoms with Gasteiger partial charge in [0.05, 0.1) is 18.1 Å². The molecule has 2 heterocycles. The summed E-state index contributed by atoms with van der Waals surface area (Å²) in [6.07, 6.45) is 1.57. The second kappa shape index (κ2) is 8.30. The molecule has 9 heteroatoms. The minimum atomic E-state index is -0.444. The number of carbonyl (C=O) groups is 1. The van der Waals surface area contributed by atoms with Crippen molar-refractivity contribution in [3.8, 4) is 0 Å². The van der Waals surface area contributed by atoms with Crippen LogP contribution in [0.1, 0.15) is 23.0 Å². The van der Waals surface area contributed by atoms with Gasteiger partial charge in [0.25, 0.3) is 11.5 Å². The van der Waals surface area contributed by atoms with Gasteiger partial charge in [0, 0.05) is 33.6 Å². The number of hydrogen-bond acceptors (Lipinski definition) is 4. The van der Waals surface area contributed by atoms with Gasteiger partial charge in [-0.05, 0) is 25.1 Å². The van der Waals surface area contributed by atoms with Gasteiger partial charge in [-0.3, -0.25) is 9.59 Å². The van der Waals surface area contributed by atoms with Gasteiger partial charge in [0.15, 0.2) is 5.69 Å². The van der Waals surface area contributed by atoms with E-state index in [-0.39, 0.29) is 17.8 Å². The molecule has 0 aliphatic heterocycles. The summed E-state index contributed by atoms with van der Waals surface area (Å²) >= 11 is 12.5. The third-order valence-corrected chi connectivity index (χ3v) is 5.42. The Bertz CT molecular complexity index is 1290. The van der Waals surface area contributed by atoms with E-state index in [1.54, 1.807) is 66.3 Å². The van der Waals surface area contributed by atoms with E-state index >= 15 is 0 Å². The van der Waals surface area contributed by atoms with Crippen LogP contribution in [-0.4, -0.2) is 25.5 Å². The molecule has 152 valence electrons. The zero-order valence-corrected chi connectivity index (χ0v) is 17.5. The molecule has 0 radical (unpaired) electrons. The molecule has 0 saturated carbocycles. The van der Waals surface area contributed by atoms with E-state index in [4.69, 9.17) is 23.2 Å². The van der Waals surface area contributed by atoms with Crippen molar-refractivity contribution in [2.24, 2.45) is 0 Å². The Hall–Kier alpha value is -3.16. The minimum absolute atomic E-state index is 0.163. The summed E-state index contributed by atoms with van der Waals surface area (Å²) in [7, 11) is 0. The van der Waals surface area contributed by atoms with Crippen molar-refractivity contribution in [1.82, 2.24) is 19.6 Å². The second-order valence-electron chi connectivity index (χ2n) is 6.54. The third kappa shape index (κ3) is 3.69. The van der Waals surface area contributed by atoms with Crippen LogP contribution in [0.2, 0.25) is 10.0 Å². The van der Waals surface area contributed by atoms with Gasteiger partial charge in [-0.1, -0.05) is 47.5 Å². The average Bonchev–Trinajstić information content (AvgIpc) is 3.18. The lowest BCUT2D eigenvalue weighted by atomic mass is 10.1.